The molecule has 1 radical (unpaired) electrons. The quantitative estimate of drug-likeness (QED) is 0.00751. The Kier molecular flexibility index (Phi) is 91.8. The van der Waals surface area contributed by atoms with Crippen LogP contribution in [-0.2, 0) is 148 Å². The van der Waals surface area contributed by atoms with E-state index in [1.807, 2.05) is 24.3 Å². The minimum Gasteiger partial charge on any atom is -0.676 e. The van der Waals surface area contributed by atoms with Gasteiger partial charge in [-0.05, 0) is 157 Å². The van der Waals surface area contributed by atoms with Crippen LogP contribution in [0.15, 0.2) is 49.1 Å². The summed E-state index contributed by atoms with van der Waals surface area (Å²) in [4.78, 5) is 180. The number of hydroxylamine groups is 12. The third-order valence-corrected chi connectivity index (χ3v) is 17.7. The molecule has 0 spiro atoms. The molecule has 0 unspecified atom stereocenters. The Labute approximate surface area is 798 Å². The van der Waals surface area contributed by atoms with Crippen molar-refractivity contribution < 1.29 is 181 Å². The monoisotopic (exact) mass is 2360 g/mol. The van der Waals surface area contributed by atoms with Gasteiger partial charge >= 0.3 is 55.9 Å². The second-order valence-electron chi connectivity index (χ2n) is 27.9. The number of pyridine rings is 2. The van der Waals surface area contributed by atoms with Crippen molar-refractivity contribution in [1.82, 2.24) is 72.2 Å². The molecule has 42 nitrogen and oxygen atoms in total. The Hall–Kier alpha value is -6.15. The number of amides is 12. The normalized spacial score (nSPS) is 11.9. The van der Waals surface area contributed by atoms with E-state index >= 15 is 0 Å². The number of carbonyl (C=O) groups is 14. The van der Waals surface area contributed by atoms with Crippen LogP contribution in [0.3, 0.4) is 0 Å². The first kappa shape index (κ1) is 130. The summed E-state index contributed by atoms with van der Waals surface area (Å²) in [5.74, 6) is -5.99. The maximum absolute atomic E-state index is 12.2. The number of carboxylic acids is 1. The molecule has 2 aromatic heterocycles. The third kappa shape index (κ3) is 85.7. The molecule has 18 N–H and O–H groups in total. The summed E-state index contributed by atoms with van der Waals surface area (Å²) in [5.41, 5.74) is 22.1. The van der Waals surface area contributed by atoms with E-state index in [0.717, 1.165) is 24.0 Å². The zero-order valence-electron chi connectivity index (χ0n) is 71.2. The number of carboxylic acid groups (broad SMARTS) is 1. The van der Waals surface area contributed by atoms with E-state index in [-0.39, 0.29) is 226 Å². The fraction of sp³-hybridized carbons (Fsp3) is 0.688. The van der Waals surface area contributed by atoms with Crippen molar-refractivity contribution >= 4 is 121 Å². The second-order valence-corrected chi connectivity index (χ2v) is 44.5. The molecule has 125 heavy (non-hydrogen) atoms. The SMILES string of the molecule is CC(=O)N(O)CCCCCNC(=O)CCC(=O)N(O)CCCCCNC(=O)CCC(=O)N(O)CCCCCNC(=O)CCC(=O)CCc1ccncc1.CC(=O)N(O)CCCCCNC(=O)CCC(=O)N(O)CCCCCNC(=O)CCC(=O)N(O)CCCCCNC(=O)CCC(=O)O.NCc1ccncc1.O=[N+]([O-])O.[Ag].[Fe].[Fe].[I][Pt+2][I].[NH-][C@@H]1CCCC[C@H]1[NH-]. The standard InChI is InChI=1S/C36H59N7O10.C29H52N6O11.C6H8N2.C6H12N2.Ag.2Fe.2HI.HNO3.Pt/c1-29(44)41(51)26-8-2-5-22-39-33(47)15-17-35(49)43(53)28-10-4-7-23-40-34(48)16-18-36(50)42(52)27-9-3-6-21-38-32(46)14-13-31(45)12-11-30-19-24-37-25-20-30;1-23(36)33(44)20-8-2-5-17-30-24(37)11-14-27(40)34(45)21-9-3-6-18-31-25(38)12-15-28(41)35(46)22-10-4-7-19-32-26(39)13-16-29(42)43;7-5-6-1-3-8-4-2-6;7-5-3-1-2-4-6(5)8;;;;;;2-1(3)4;/h19-20,24-25,51-53H,2-18,21-23,26-28H2,1H3,(H,38,46)(H,39,47)(H,40,48);44-46H,2-22H2,1H3,(H,30,37)(H,31,38)(H,32,39)(H,42,43);1-4H,5,7H2;5-8H,1-4H2;;;;2*1H;(H,2,3,4);/q;;;-2;;;;;;;+4/p-2/t;;;5-,6-;;;;;;;/m...1......./s1. The van der Waals surface area contributed by atoms with Crippen LogP contribution in [0.1, 0.15) is 250 Å². The van der Waals surface area contributed by atoms with Gasteiger partial charge in [0.15, 0.2) is 0 Å². The van der Waals surface area contributed by atoms with Crippen molar-refractivity contribution in [2.75, 3.05) is 78.5 Å². The number of hydrogen-bond acceptors (Lipinski definition) is 25. The summed E-state index contributed by atoms with van der Waals surface area (Å²) in [7, 11) is 0. The molecular weight excluding hydrogens is 2230 g/mol. The van der Waals surface area contributed by atoms with E-state index < -0.39 is 46.5 Å². The Morgan fingerprint density at radius 2 is 0.640 bits per heavy atom. The van der Waals surface area contributed by atoms with Crippen molar-refractivity contribution in [2.24, 2.45) is 5.73 Å². The number of Topliss-reactive ketones (excluding diaryl/α,β-unsaturated/α-hetero) is 1. The Morgan fingerprint density at radius 3 is 0.856 bits per heavy atom. The van der Waals surface area contributed by atoms with Gasteiger partial charge in [0, 0.05) is 257 Å². The van der Waals surface area contributed by atoms with E-state index in [4.69, 9.17) is 37.6 Å². The van der Waals surface area contributed by atoms with E-state index in [2.05, 4.69) is 80.6 Å². The third-order valence-electron chi connectivity index (χ3n) is 17.7. The zero-order valence-corrected chi connectivity index (χ0v) is 81.5. The molecule has 1 saturated carbocycles. The second kappa shape index (κ2) is 88.5. The van der Waals surface area contributed by atoms with Crippen LogP contribution in [0.5, 0.6) is 0 Å². The van der Waals surface area contributed by atoms with Crippen LogP contribution in [0.2, 0.25) is 0 Å². The van der Waals surface area contributed by atoms with Crippen molar-refractivity contribution in [2.45, 2.75) is 264 Å². The number of unbranched alkanes of at least 4 members (excludes halogenated alkanes) is 12. The molecule has 48 heteroatoms. The van der Waals surface area contributed by atoms with Crippen molar-refractivity contribution in [3.63, 3.8) is 0 Å². The minimum absolute atomic E-state index is 0. The molecule has 2 aromatic rings. The topological polar surface area (TPSA) is 635 Å². The van der Waals surface area contributed by atoms with Crippen LogP contribution in [-0.4, -0.2) is 260 Å². The summed E-state index contributed by atoms with van der Waals surface area (Å²) in [6.45, 7) is 6.24. The first-order valence-corrected chi connectivity index (χ1v) is 53.8. The van der Waals surface area contributed by atoms with Gasteiger partial charge in [-0.25, -0.2) is 30.4 Å². The fourth-order valence-electron chi connectivity index (χ4n) is 10.6. The number of aromatic nitrogens is 2. The number of nitrogens with zero attached hydrogens (tertiary/aromatic N) is 9. The molecule has 2 atom stereocenters. The number of nitrogens with one attached hydrogen (secondary N) is 8. The molecule has 1 aliphatic rings. The average Bonchev–Trinajstić information content (AvgIpc) is 0.920. The number of carbonyl (C=O) groups excluding carboxylic acids is 13. The maximum atomic E-state index is 12.2. The molecule has 0 saturated heterocycles. The van der Waals surface area contributed by atoms with E-state index in [0.29, 0.717) is 216 Å². The summed E-state index contributed by atoms with van der Waals surface area (Å²) in [6, 6.07) is 7.36. The van der Waals surface area contributed by atoms with Gasteiger partial charge in [0.2, 0.25) is 70.9 Å². The van der Waals surface area contributed by atoms with E-state index in [1.165, 1.54) is 26.7 Å². The van der Waals surface area contributed by atoms with Gasteiger partial charge in [-0.15, -0.1) is 10.1 Å². The van der Waals surface area contributed by atoms with Crippen LogP contribution < -0.4 is 37.6 Å². The largest absolute Gasteiger partial charge is 0.676 e. The molecule has 2 heterocycles. The smallest absolute Gasteiger partial charge is 0.0548 e. The Balaban J connectivity index is -0.000000441. The zero-order chi connectivity index (χ0) is 92.1. The summed E-state index contributed by atoms with van der Waals surface area (Å²) in [5, 5.41) is 100. The average molecular weight is 2360 g/mol. The molecule has 12 amide bonds. The van der Waals surface area contributed by atoms with Crippen LogP contribution in [0.4, 0.5) is 0 Å². The summed E-state index contributed by atoms with van der Waals surface area (Å²) >= 11 is 5.30. The van der Waals surface area contributed by atoms with Gasteiger partial charge in [-0.1, -0.05) is 25.7 Å². The van der Waals surface area contributed by atoms with Crippen molar-refractivity contribution in [3.8, 4) is 0 Å². The number of ketones is 1. The molecule has 0 aliphatic heterocycles. The van der Waals surface area contributed by atoms with Crippen LogP contribution >= 0.6 is 38.7 Å². The molecule has 725 valence electrons. The summed E-state index contributed by atoms with van der Waals surface area (Å²) < 4.78 is 0. The summed E-state index contributed by atoms with van der Waals surface area (Å²) in [6.07, 6.45) is 22.0. The van der Waals surface area contributed by atoms with Gasteiger partial charge in [-0.3, -0.25) is 108 Å². The number of aliphatic carboxylic acids is 1. The Bertz CT molecular complexity index is 3260. The fourth-order valence-corrected chi connectivity index (χ4v) is 10.6. The molecule has 0 bridgehead atoms. The number of rotatable bonds is 58. The van der Waals surface area contributed by atoms with Gasteiger partial charge in [0.25, 0.3) is 5.09 Å². The molecular formula is C77H132AgFe2I2N18O24Pt. The maximum Gasteiger partial charge on any atom is -0.0548 e. The predicted molar refractivity (Wildman–Crippen MR) is 458 cm³/mol. The number of aryl methyl sites for hydroxylation is 1. The molecule has 3 rings (SSSR count). The van der Waals surface area contributed by atoms with Gasteiger partial charge in [0.1, 0.15) is 5.78 Å². The van der Waals surface area contributed by atoms with E-state index in [9.17, 15) is 98.4 Å². The Morgan fingerprint density at radius 1 is 0.416 bits per heavy atom. The first-order chi connectivity index (χ1) is 58.1. The van der Waals surface area contributed by atoms with E-state index in [1.54, 1.807) is 24.8 Å². The minimum atomic E-state index is -1.50. The molecule has 1 fully saturated rings. The van der Waals surface area contributed by atoms with Crippen LogP contribution in [0, 0.1) is 10.1 Å². The number of hydrogen-bond donors (Lipinski definition) is 15. The van der Waals surface area contributed by atoms with Crippen molar-refractivity contribution in [3.05, 3.63) is 81.8 Å². The van der Waals surface area contributed by atoms with Crippen LogP contribution in [0.25, 0.3) is 11.5 Å². The van der Waals surface area contributed by atoms with Gasteiger partial charge < -0.3 is 59.4 Å². The predicted octanol–water partition coefficient (Wildman–Crippen LogP) is 7.76. The first-order valence-electron chi connectivity index (χ1n) is 40.9. The van der Waals surface area contributed by atoms with Crippen molar-refractivity contribution in [1.29, 1.82) is 0 Å². The van der Waals surface area contributed by atoms with Gasteiger partial charge in [0.05, 0.1) is 6.42 Å². The number of nitrogens with two attached hydrogens (primary N) is 1. The number of halogens is 2. The van der Waals surface area contributed by atoms with Gasteiger partial charge in [-0.2, -0.15) is 12.1 Å². The molecule has 0 aromatic carbocycles. The molecule has 1 aliphatic carbocycles.